The average molecular weight is 247 g/mol. The summed E-state index contributed by atoms with van der Waals surface area (Å²) in [7, 11) is 0. The van der Waals surface area contributed by atoms with E-state index in [1.165, 1.54) is 0 Å². The lowest BCUT2D eigenvalue weighted by atomic mass is 10.3. The number of imidazole rings is 1. The van der Waals surface area contributed by atoms with E-state index in [2.05, 4.69) is 10.4 Å². The number of rotatable bonds is 2. The first kappa shape index (κ1) is 13.8. The summed E-state index contributed by atoms with van der Waals surface area (Å²) in [5.74, 6) is 5.25. The molecule has 0 saturated carbocycles. The van der Waals surface area contributed by atoms with Crippen LogP contribution in [0.2, 0.25) is 0 Å². The summed E-state index contributed by atoms with van der Waals surface area (Å²) in [6.07, 6.45) is 5.39. The van der Waals surface area contributed by atoms with Crippen LogP contribution in [-0.2, 0) is 0 Å². The molecule has 82 valence electrons. The highest BCUT2D eigenvalue weighted by Crippen LogP contribution is 2.11. The molecular formula is C9H12Cl2N4. The Labute approximate surface area is 100 Å². The van der Waals surface area contributed by atoms with Crippen molar-refractivity contribution in [2.75, 3.05) is 5.43 Å². The van der Waals surface area contributed by atoms with Gasteiger partial charge in [0.05, 0.1) is 6.33 Å². The minimum Gasteiger partial charge on any atom is -0.324 e. The molecule has 1 aromatic carbocycles. The third-order valence-corrected chi connectivity index (χ3v) is 1.84. The number of aromatic nitrogens is 2. The molecule has 15 heavy (non-hydrogen) atoms. The number of nitrogens with one attached hydrogen (secondary N) is 1. The van der Waals surface area contributed by atoms with Gasteiger partial charge in [-0.3, -0.25) is 5.84 Å². The molecule has 0 bridgehead atoms. The van der Waals surface area contributed by atoms with Gasteiger partial charge in [0.2, 0.25) is 0 Å². The number of hydrogen-bond acceptors (Lipinski definition) is 3. The van der Waals surface area contributed by atoms with Crippen molar-refractivity contribution in [1.82, 2.24) is 9.55 Å². The fourth-order valence-corrected chi connectivity index (χ4v) is 1.14. The van der Waals surface area contributed by atoms with Crippen LogP contribution in [0.3, 0.4) is 0 Å². The molecule has 1 aromatic heterocycles. The van der Waals surface area contributed by atoms with E-state index in [0.29, 0.717) is 0 Å². The van der Waals surface area contributed by atoms with E-state index in [-0.39, 0.29) is 24.8 Å². The number of nitrogens with zero attached hydrogens (tertiary/aromatic N) is 2. The third kappa shape index (κ3) is 3.13. The van der Waals surface area contributed by atoms with Crippen molar-refractivity contribution >= 4 is 30.5 Å². The van der Waals surface area contributed by atoms with Crippen molar-refractivity contribution in [3.63, 3.8) is 0 Å². The van der Waals surface area contributed by atoms with Crippen LogP contribution in [0.15, 0.2) is 43.0 Å². The average Bonchev–Trinajstić information content (AvgIpc) is 2.71. The molecule has 0 amide bonds. The molecule has 4 nitrogen and oxygen atoms in total. The van der Waals surface area contributed by atoms with Crippen LogP contribution < -0.4 is 11.3 Å². The summed E-state index contributed by atoms with van der Waals surface area (Å²) >= 11 is 0. The van der Waals surface area contributed by atoms with E-state index in [4.69, 9.17) is 5.84 Å². The van der Waals surface area contributed by atoms with Crippen LogP contribution in [0.25, 0.3) is 5.69 Å². The summed E-state index contributed by atoms with van der Waals surface area (Å²) in [6.45, 7) is 0. The molecule has 2 rings (SSSR count). The molecular weight excluding hydrogens is 235 g/mol. The number of hydrogen-bond donors (Lipinski definition) is 2. The maximum absolute atomic E-state index is 5.25. The number of anilines is 1. The Bertz CT molecular complexity index is 372. The predicted molar refractivity (Wildman–Crippen MR) is 65.9 cm³/mol. The Morgan fingerprint density at radius 1 is 1.13 bits per heavy atom. The van der Waals surface area contributed by atoms with Crippen LogP contribution in [0.5, 0.6) is 0 Å². The van der Waals surface area contributed by atoms with Gasteiger partial charge in [0.25, 0.3) is 0 Å². The van der Waals surface area contributed by atoms with E-state index in [1.54, 1.807) is 12.5 Å². The van der Waals surface area contributed by atoms with Crippen molar-refractivity contribution in [2.45, 2.75) is 0 Å². The summed E-state index contributed by atoms with van der Waals surface area (Å²) in [6, 6.07) is 7.76. The summed E-state index contributed by atoms with van der Waals surface area (Å²) in [5, 5.41) is 0. The van der Waals surface area contributed by atoms with Crippen LogP contribution in [0, 0.1) is 0 Å². The summed E-state index contributed by atoms with van der Waals surface area (Å²) in [5.41, 5.74) is 4.53. The van der Waals surface area contributed by atoms with Crippen molar-refractivity contribution in [2.24, 2.45) is 5.84 Å². The molecule has 0 unspecified atom stereocenters. The molecule has 3 N–H and O–H groups in total. The van der Waals surface area contributed by atoms with Gasteiger partial charge in [-0.25, -0.2) is 4.98 Å². The van der Waals surface area contributed by atoms with Gasteiger partial charge in [-0.1, -0.05) is 0 Å². The van der Waals surface area contributed by atoms with E-state index in [1.807, 2.05) is 35.0 Å². The third-order valence-electron chi connectivity index (χ3n) is 1.84. The Kier molecular flexibility index (Phi) is 5.77. The second-order valence-electron chi connectivity index (χ2n) is 2.66. The number of nitrogen functional groups attached to an aromatic ring is 1. The minimum absolute atomic E-state index is 0. The van der Waals surface area contributed by atoms with Gasteiger partial charge in [-0.15, -0.1) is 24.8 Å². The Morgan fingerprint density at radius 2 is 1.80 bits per heavy atom. The summed E-state index contributed by atoms with van der Waals surface area (Å²) < 4.78 is 1.93. The van der Waals surface area contributed by atoms with Gasteiger partial charge < -0.3 is 9.99 Å². The zero-order valence-electron chi connectivity index (χ0n) is 7.83. The molecule has 0 atom stereocenters. The topological polar surface area (TPSA) is 55.9 Å². The highest BCUT2D eigenvalue weighted by Gasteiger charge is 1.93. The largest absolute Gasteiger partial charge is 0.324 e. The molecule has 0 aliphatic heterocycles. The first-order valence-electron chi connectivity index (χ1n) is 3.95. The van der Waals surface area contributed by atoms with Gasteiger partial charge in [0.1, 0.15) is 0 Å². The molecule has 0 fully saturated rings. The van der Waals surface area contributed by atoms with Crippen molar-refractivity contribution in [3.8, 4) is 5.69 Å². The highest BCUT2D eigenvalue weighted by molar-refractivity contribution is 5.85. The quantitative estimate of drug-likeness (QED) is 0.630. The maximum Gasteiger partial charge on any atom is 0.0991 e. The van der Waals surface area contributed by atoms with E-state index in [9.17, 15) is 0 Å². The lowest BCUT2D eigenvalue weighted by Gasteiger charge is -2.03. The first-order valence-corrected chi connectivity index (χ1v) is 3.95. The number of halogens is 2. The molecule has 0 spiro atoms. The standard InChI is InChI=1S/C9H10N4.2ClH/c10-12-8-1-3-9(4-2-8)13-6-5-11-7-13;;/h1-7,12H,10H2;2*1H. The fourth-order valence-electron chi connectivity index (χ4n) is 1.14. The lowest BCUT2D eigenvalue weighted by Crippen LogP contribution is -2.06. The Balaban J connectivity index is 0.000000980. The van der Waals surface area contributed by atoms with Gasteiger partial charge in [-0.2, -0.15) is 0 Å². The minimum atomic E-state index is 0. The normalized spacial score (nSPS) is 8.60. The molecule has 2 aromatic rings. The van der Waals surface area contributed by atoms with Gasteiger partial charge in [0.15, 0.2) is 0 Å². The van der Waals surface area contributed by atoms with E-state index < -0.39 is 0 Å². The number of benzene rings is 1. The predicted octanol–water partition coefficient (Wildman–Crippen LogP) is 2.00. The zero-order valence-corrected chi connectivity index (χ0v) is 9.46. The second kappa shape index (κ2) is 6.29. The van der Waals surface area contributed by atoms with E-state index in [0.717, 1.165) is 11.4 Å². The van der Waals surface area contributed by atoms with Gasteiger partial charge in [-0.05, 0) is 24.3 Å². The van der Waals surface area contributed by atoms with Crippen LogP contribution in [0.1, 0.15) is 0 Å². The van der Waals surface area contributed by atoms with Gasteiger partial charge in [0, 0.05) is 23.8 Å². The number of hydrazine groups is 1. The Hall–Kier alpha value is -1.23. The molecule has 0 aliphatic rings. The van der Waals surface area contributed by atoms with Crippen LogP contribution >= 0.6 is 24.8 Å². The smallest absolute Gasteiger partial charge is 0.0991 e. The lowest BCUT2D eigenvalue weighted by molar-refractivity contribution is 1.06. The van der Waals surface area contributed by atoms with Crippen molar-refractivity contribution < 1.29 is 0 Å². The van der Waals surface area contributed by atoms with Gasteiger partial charge >= 0.3 is 0 Å². The first-order chi connectivity index (χ1) is 6.40. The molecule has 0 saturated heterocycles. The maximum atomic E-state index is 5.25. The van der Waals surface area contributed by atoms with Crippen LogP contribution in [-0.4, -0.2) is 9.55 Å². The summed E-state index contributed by atoms with van der Waals surface area (Å²) in [4.78, 5) is 3.96. The number of nitrogens with two attached hydrogens (primary N) is 1. The monoisotopic (exact) mass is 246 g/mol. The fraction of sp³-hybridized carbons (Fsp3) is 0. The zero-order chi connectivity index (χ0) is 9.10. The van der Waals surface area contributed by atoms with Crippen LogP contribution in [0.4, 0.5) is 5.69 Å². The molecule has 0 aliphatic carbocycles. The molecule has 1 heterocycles. The SMILES string of the molecule is Cl.Cl.NNc1ccc(-n2ccnc2)cc1. The molecule has 0 radical (unpaired) electrons. The van der Waals surface area contributed by atoms with Crippen molar-refractivity contribution in [3.05, 3.63) is 43.0 Å². The Morgan fingerprint density at radius 3 is 2.27 bits per heavy atom. The highest BCUT2D eigenvalue weighted by atomic mass is 35.5. The van der Waals surface area contributed by atoms with Crippen molar-refractivity contribution in [1.29, 1.82) is 0 Å². The van der Waals surface area contributed by atoms with E-state index >= 15 is 0 Å². The second-order valence-corrected chi connectivity index (χ2v) is 2.66. The molecule has 6 heteroatoms.